The molecule has 0 amide bonds. The molecule has 1 heterocycles. The molecule has 0 saturated carbocycles. The van der Waals surface area contributed by atoms with Crippen molar-refractivity contribution in [1.29, 1.82) is 0 Å². The first kappa shape index (κ1) is 11.9. The molecule has 0 spiro atoms. The van der Waals surface area contributed by atoms with Crippen LogP contribution in [0.1, 0.15) is 29.9 Å². The lowest BCUT2D eigenvalue weighted by Gasteiger charge is -2.17. The summed E-state index contributed by atoms with van der Waals surface area (Å²) in [6, 6.07) is 3.62. The molecule has 1 aromatic heterocycles. The number of aromatic nitrogens is 1. The largest absolute Gasteiger partial charge is 0.373 e. The SMILES string of the molecule is COC(C(=O)c1ccc(C)nc1)C(C)C. The van der Waals surface area contributed by atoms with Crippen molar-refractivity contribution >= 4 is 5.78 Å². The lowest BCUT2D eigenvalue weighted by atomic mass is 9.98. The number of hydrogen-bond acceptors (Lipinski definition) is 3. The summed E-state index contributed by atoms with van der Waals surface area (Å²) in [5.74, 6) is 0.170. The molecule has 1 atom stereocenters. The summed E-state index contributed by atoms with van der Waals surface area (Å²) >= 11 is 0. The minimum atomic E-state index is -0.380. The smallest absolute Gasteiger partial charge is 0.193 e. The number of rotatable bonds is 4. The number of ether oxygens (including phenoxy) is 1. The summed E-state index contributed by atoms with van der Waals surface area (Å²) in [7, 11) is 1.56. The quantitative estimate of drug-likeness (QED) is 0.711. The van der Waals surface area contributed by atoms with Crippen molar-refractivity contribution in [1.82, 2.24) is 4.98 Å². The molecule has 0 aliphatic rings. The van der Waals surface area contributed by atoms with E-state index in [1.807, 2.05) is 26.8 Å². The monoisotopic (exact) mass is 207 g/mol. The van der Waals surface area contributed by atoms with E-state index in [2.05, 4.69) is 4.98 Å². The predicted octanol–water partition coefficient (Wildman–Crippen LogP) is 2.24. The second-order valence-electron chi connectivity index (χ2n) is 3.95. The zero-order chi connectivity index (χ0) is 11.4. The minimum absolute atomic E-state index is 0.000000000000000444. The second kappa shape index (κ2) is 5.03. The van der Waals surface area contributed by atoms with Gasteiger partial charge in [0.2, 0.25) is 0 Å². The van der Waals surface area contributed by atoms with Gasteiger partial charge in [0.25, 0.3) is 0 Å². The third kappa shape index (κ3) is 2.86. The van der Waals surface area contributed by atoms with Crippen molar-refractivity contribution in [2.24, 2.45) is 5.92 Å². The summed E-state index contributed by atoms with van der Waals surface area (Å²) in [5.41, 5.74) is 1.52. The molecule has 0 radical (unpaired) electrons. The number of pyridine rings is 1. The van der Waals surface area contributed by atoms with Gasteiger partial charge in [0.05, 0.1) is 0 Å². The van der Waals surface area contributed by atoms with Crippen LogP contribution in [0.3, 0.4) is 0 Å². The van der Waals surface area contributed by atoms with Crippen LogP contribution in [0.5, 0.6) is 0 Å². The average Bonchev–Trinajstić information content (AvgIpc) is 2.19. The van der Waals surface area contributed by atoms with Crippen LogP contribution >= 0.6 is 0 Å². The maximum atomic E-state index is 12.0. The van der Waals surface area contributed by atoms with Gasteiger partial charge in [0.15, 0.2) is 5.78 Å². The van der Waals surface area contributed by atoms with Crippen LogP contribution < -0.4 is 0 Å². The maximum Gasteiger partial charge on any atom is 0.193 e. The molecule has 3 nitrogen and oxygen atoms in total. The maximum absolute atomic E-state index is 12.0. The molecule has 1 rings (SSSR count). The van der Waals surface area contributed by atoms with Crippen LogP contribution in [0, 0.1) is 12.8 Å². The number of ketones is 1. The summed E-state index contributed by atoms with van der Waals surface area (Å²) in [6.07, 6.45) is 1.22. The highest BCUT2D eigenvalue weighted by Crippen LogP contribution is 2.12. The Morgan fingerprint density at radius 3 is 2.47 bits per heavy atom. The number of carbonyl (C=O) groups is 1. The molecule has 0 aliphatic carbocycles. The summed E-state index contributed by atoms with van der Waals surface area (Å²) < 4.78 is 5.18. The number of hydrogen-bond donors (Lipinski definition) is 0. The van der Waals surface area contributed by atoms with Crippen molar-refractivity contribution in [2.75, 3.05) is 7.11 Å². The van der Waals surface area contributed by atoms with Gasteiger partial charge < -0.3 is 4.74 Å². The summed E-state index contributed by atoms with van der Waals surface area (Å²) in [4.78, 5) is 16.1. The van der Waals surface area contributed by atoms with Crippen molar-refractivity contribution in [3.63, 3.8) is 0 Å². The fourth-order valence-corrected chi connectivity index (χ4v) is 1.46. The summed E-state index contributed by atoms with van der Waals surface area (Å²) in [6.45, 7) is 5.83. The topological polar surface area (TPSA) is 39.2 Å². The first-order valence-corrected chi connectivity index (χ1v) is 5.06. The highest BCUT2D eigenvalue weighted by molar-refractivity contribution is 5.99. The van der Waals surface area contributed by atoms with Gasteiger partial charge in [-0.1, -0.05) is 13.8 Å². The Morgan fingerprint density at radius 2 is 2.07 bits per heavy atom. The standard InChI is InChI=1S/C12H17NO2/c1-8(2)12(15-4)11(14)10-6-5-9(3)13-7-10/h5-8,12H,1-4H3. The zero-order valence-corrected chi connectivity index (χ0v) is 9.65. The molecule has 15 heavy (non-hydrogen) atoms. The fraction of sp³-hybridized carbons (Fsp3) is 0.500. The van der Waals surface area contributed by atoms with E-state index >= 15 is 0 Å². The molecule has 1 aromatic rings. The van der Waals surface area contributed by atoms with E-state index in [9.17, 15) is 4.79 Å². The Morgan fingerprint density at radius 1 is 1.40 bits per heavy atom. The number of Topliss-reactive ketones (excluding diaryl/α,β-unsaturated/α-hetero) is 1. The van der Waals surface area contributed by atoms with E-state index in [1.165, 1.54) is 0 Å². The normalized spacial score (nSPS) is 12.9. The molecular formula is C12H17NO2. The zero-order valence-electron chi connectivity index (χ0n) is 9.65. The lowest BCUT2D eigenvalue weighted by molar-refractivity contribution is 0.0458. The summed E-state index contributed by atoms with van der Waals surface area (Å²) in [5, 5.41) is 0. The number of nitrogens with zero attached hydrogens (tertiary/aromatic N) is 1. The lowest BCUT2D eigenvalue weighted by Crippen LogP contribution is -2.28. The third-order valence-corrected chi connectivity index (χ3v) is 2.31. The number of carbonyl (C=O) groups excluding carboxylic acids is 1. The van der Waals surface area contributed by atoms with Crippen LogP contribution in [-0.4, -0.2) is 24.0 Å². The van der Waals surface area contributed by atoms with E-state index in [-0.39, 0.29) is 17.8 Å². The van der Waals surface area contributed by atoms with Gasteiger partial charge in [-0.3, -0.25) is 9.78 Å². The van der Waals surface area contributed by atoms with E-state index in [4.69, 9.17) is 4.74 Å². The van der Waals surface area contributed by atoms with Crippen molar-refractivity contribution in [3.05, 3.63) is 29.6 Å². The van der Waals surface area contributed by atoms with E-state index in [0.717, 1.165) is 5.69 Å². The molecule has 0 saturated heterocycles. The molecule has 0 aliphatic heterocycles. The molecule has 1 unspecified atom stereocenters. The Balaban J connectivity index is 2.88. The van der Waals surface area contributed by atoms with Crippen LogP contribution in [0.4, 0.5) is 0 Å². The van der Waals surface area contributed by atoms with Gasteiger partial charge in [-0.15, -0.1) is 0 Å². The van der Waals surface area contributed by atoms with Gasteiger partial charge in [-0.05, 0) is 25.0 Å². The first-order chi connectivity index (χ1) is 7.06. The highest BCUT2D eigenvalue weighted by atomic mass is 16.5. The third-order valence-electron chi connectivity index (χ3n) is 2.31. The van der Waals surface area contributed by atoms with Crippen molar-refractivity contribution in [2.45, 2.75) is 26.9 Å². The van der Waals surface area contributed by atoms with Crippen LogP contribution in [0.2, 0.25) is 0 Å². The predicted molar refractivity (Wildman–Crippen MR) is 58.9 cm³/mol. The molecule has 0 bridgehead atoms. The van der Waals surface area contributed by atoms with E-state index in [0.29, 0.717) is 5.56 Å². The van der Waals surface area contributed by atoms with Crippen molar-refractivity contribution < 1.29 is 9.53 Å². The Bertz CT molecular complexity index is 330. The van der Waals surface area contributed by atoms with Crippen molar-refractivity contribution in [3.8, 4) is 0 Å². The van der Waals surface area contributed by atoms with Crippen LogP contribution in [-0.2, 0) is 4.74 Å². The molecule has 0 fully saturated rings. The Hall–Kier alpha value is -1.22. The second-order valence-corrected chi connectivity index (χ2v) is 3.95. The molecule has 0 aromatic carbocycles. The van der Waals surface area contributed by atoms with Gasteiger partial charge in [-0.2, -0.15) is 0 Å². The molecule has 3 heteroatoms. The number of aryl methyl sites for hydroxylation is 1. The van der Waals surface area contributed by atoms with Gasteiger partial charge in [0, 0.05) is 24.6 Å². The fourth-order valence-electron chi connectivity index (χ4n) is 1.46. The Kier molecular flexibility index (Phi) is 3.97. The molecule has 82 valence electrons. The minimum Gasteiger partial charge on any atom is -0.373 e. The van der Waals surface area contributed by atoms with Gasteiger partial charge in [0.1, 0.15) is 6.10 Å². The highest BCUT2D eigenvalue weighted by Gasteiger charge is 2.22. The first-order valence-electron chi connectivity index (χ1n) is 5.06. The van der Waals surface area contributed by atoms with Crippen LogP contribution in [0.15, 0.2) is 18.3 Å². The van der Waals surface area contributed by atoms with Gasteiger partial charge in [-0.25, -0.2) is 0 Å². The van der Waals surface area contributed by atoms with E-state index in [1.54, 1.807) is 19.4 Å². The number of methoxy groups -OCH3 is 1. The van der Waals surface area contributed by atoms with Crippen LogP contribution in [0.25, 0.3) is 0 Å². The Labute approximate surface area is 90.5 Å². The molecule has 0 N–H and O–H groups in total. The molecular weight excluding hydrogens is 190 g/mol. The van der Waals surface area contributed by atoms with E-state index < -0.39 is 0 Å². The average molecular weight is 207 g/mol. The van der Waals surface area contributed by atoms with Gasteiger partial charge >= 0.3 is 0 Å².